The van der Waals surface area contributed by atoms with Gasteiger partial charge in [0, 0.05) is 30.1 Å². The quantitative estimate of drug-likeness (QED) is 0.573. The van der Waals surface area contributed by atoms with E-state index in [1.54, 1.807) is 0 Å². The van der Waals surface area contributed by atoms with Crippen LogP contribution >= 0.6 is 0 Å². The molecule has 4 rings (SSSR count). The van der Waals surface area contributed by atoms with Crippen molar-refractivity contribution in [2.24, 2.45) is 34.5 Å². The van der Waals surface area contributed by atoms with E-state index in [0.717, 1.165) is 38.5 Å². The highest BCUT2D eigenvalue weighted by atomic mass is 16.5. The van der Waals surface area contributed by atoms with Crippen LogP contribution in [0.25, 0.3) is 0 Å². The van der Waals surface area contributed by atoms with Crippen LogP contribution < -0.4 is 0 Å². The Morgan fingerprint density at radius 2 is 1.81 bits per heavy atom. The molecule has 0 aromatic carbocycles. The smallest absolute Gasteiger partial charge is 0.305 e. The predicted molar refractivity (Wildman–Crippen MR) is 117 cm³/mol. The third-order valence-corrected chi connectivity index (χ3v) is 9.40. The first-order valence-corrected chi connectivity index (χ1v) is 12.3. The molecule has 3 fully saturated rings. The third-order valence-electron chi connectivity index (χ3n) is 9.40. The number of esters is 2. The van der Waals surface area contributed by atoms with Crippen molar-refractivity contribution in [2.45, 2.75) is 91.6 Å². The predicted octanol–water partition coefficient (Wildman–Crippen LogP) is 5.02. The number of rotatable bonds is 5. The van der Waals surface area contributed by atoms with Crippen LogP contribution in [0.5, 0.6) is 0 Å². The standard InChI is InChI=1S/C26H38O5/c1-5-23(28)30-15-26-16(3)13-18(27)14-17(26)7-8-19-20-9-10-22(31-24(29)6-2)25(20,4)12-11-21(19)26/h14,16,19-22H,5-13,15H2,1-4H3/t16-,19-,20-,21-,22+,25-,26-/m0/s1. The lowest BCUT2D eigenvalue weighted by atomic mass is 9.45. The molecule has 7 atom stereocenters. The highest BCUT2D eigenvalue weighted by Crippen LogP contribution is 2.66. The lowest BCUT2D eigenvalue weighted by molar-refractivity contribution is -0.164. The van der Waals surface area contributed by atoms with Crippen LogP contribution in [-0.4, -0.2) is 30.4 Å². The zero-order chi connectivity index (χ0) is 22.4. The molecule has 4 aliphatic rings. The summed E-state index contributed by atoms with van der Waals surface area (Å²) < 4.78 is 11.7. The Morgan fingerprint density at radius 1 is 1.06 bits per heavy atom. The molecule has 5 nitrogen and oxygen atoms in total. The van der Waals surface area contributed by atoms with Crippen molar-refractivity contribution in [1.82, 2.24) is 0 Å². The van der Waals surface area contributed by atoms with Gasteiger partial charge >= 0.3 is 11.9 Å². The Balaban J connectivity index is 1.65. The van der Waals surface area contributed by atoms with Gasteiger partial charge in [-0.15, -0.1) is 0 Å². The number of hydrogen-bond donors (Lipinski definition) is 0. The number of carbonyl (C=O) groups is 3. The number of hydrogen-bond acceptors (Lipinski definition) is 5. The second kappa shape index (κ2) is 8.37. The Hall–Kier alpha value is -1.65. The lowest BCUT2D eigenvalue weighted by Gasteiger charge is -2.60. The van der Waals surface area contributed by atoms with Gasteiger partial charge in [-0.1, -0.05) is 33.3 Å². The summed E-state index contributed by atoms with van der Waals surface area (Å²) in [7, 11) is 0. The zero-order valence-electron chi connectivity index (χ0n) is 19.6. The fourth-order valence-corrected chi connectivity index (χ4v) is 7.78. The molecule has 0 spiro atoms. The summed E-state index contributed by atoms with van der Waals surface area (Å²) in [6, 6.07) is 0. The topological polar surface area (TPSA) is 69.7 Å². The molecule has 0 unspecified atom stereocenters. The molecule has 0 aliphatic heterocycles. The first-order chi connectivity index (χ1) is 14.8. The van der Waals surface area contributed by atoms with Crippen molar-refractivity contribution in [3.63, 3.8) is 0 Å². The van der Waals surface area contributed by atoms with Gasteiger partial charge in [-0.05, 0) is 68.3 Å². The van der Waals surface area contributed by atoms with Crippen molar-refractivity contribution in [2.75, 3.05) is 6.61 Å². The van der Waals surface area contributed by atoms with Crippen molar-refractivity contribution in [1.29, 1.82) is 0 Å². The molecule has 4 aliphatic carbocycles. The van der Waals surface area contributed by atoms with E-state index in [-0.39, 0.29) is 40.6 Å². The molecular weight excluding hydrogens is 392 g/mol. The van der Waals surface area contributed by atoms with Crippen molar-refractivity contribution in [3.05, 3.63) is 11.6 Å². The highest BCUT2D eigenvalue weighted by molar-refractivity contribution is 5.92. The molecule has 0 heterocycles. The van der Waals surface area contributed by atoms with Crippen molar-refractivity contribution < 1.29 is 23.9 Å². The molecule has 0 amide bonds. The van der Waals surface area contributed by atoms with E-state index in [2.05, 4.69) is 13.8 Å². The molecule has 0 aromatic rings. The molecule has 31 heavy (non-hydrogen) atoms. The minimum Gasteiger partial charge on any atom is -0.465 e. The minimum atomic E-state index is -0.221. The number of fused-ring (bicyclic) bond motifs is 5. The molecule has 0 radical (unpaired) electrons. The van der Waals surface area contributed by atoms with E-state index < -0.39 is 0 Å². The maximum absolute atomic E-state index is 12.4. The van der Waals surface area contributed by atoms with Gasteiger partial charge < -0.3 is 9.47 Å². The summed E-state index contributed by atoms with van der Waals surface area (Å²) in [5, 5.41) is 0. The van der Waals surface area contributed by atoms with Gasteiger partial charge in [0.25, 0.3) is 0 Å². The summed E-state index contributed by atoms with van der Waals surface area (Å²) in [5.41, 5.74) is 1.03. The second-order valence-electron chi connectivity index (χ2n) is 10.7. The van der Waals surface area contributed by atoms with E-state index in [9.17, 15) is 14.4 Å². The number of ketones is 1. The highest BCUT2D eigenvalue weighted by Gasteiger charge is 2.62. The summed E-state index contributed by atoms with van der Waals surface area (Å²) in [6.45, 7) is 8.60. The third kappa shape index (κ3) is 3.56. The first kappa shape index (κ1) is 22.5. The van der Waals surface area contributed by atoms with Gasteiger partial charge in [0.05, 0.1) is 0 Å². The van der Waals surface area contributed by atoms with E-state index in [1.165, 1.54) is 5.57 Å². The second-order valence-corrected chi connectivity index (χ2v) is 10.7. The molecule has 3 saturated carbocycles. The molecule has 5 heteroatoms. The van der Waals surface area contributed by atoms with Crippen molar-refractivity contribution >= 4 is 17.7 Å². The van der Waals surface area contributed by atoms with E-state index in [4.69, 9.17) is 9.47 Å². The number of ether oxygens (including phenoxy) is 2. The van der Waals surface area contributed by atoms with Gasteiger partial charge in [-0.3, -0.25) is 14.4 Å². The van der Waals surface area contributed by atoms with Crippen LogP contribution in [-0.2, 0) is 23.9 Å². The number of carbonyl (C=O) groups excluding carboxylic acids is 3. The Labute approximate surface area is 186 Å². The molecule has 0 N–H and O–H groups in total. The average molecular weight is 431 g/mol. The van der Waals surface area contributed by atoms with E-state index in [0.29, 0.717) is 43.6 Å². The van der Waals surface area contributed by atoms with Crippen LogP contribution in [0.2, 0.25) is 0 Å². The average Bonchev–Trinajstić information content (AvgIpc) is 3.08. The molecule has 0 saturated heterocycles. The van der Waals surface area contributed by atoms with Crippen LogP contribution in [0.15, 0.2) is 11.6 Å². The maximum atomic E-state index is 12.4. The molecule has 0 aromatic heterocycles. The van der Waals surface area contributed by atoms with Gasteiger partial charge in [-0.2, -0.15) is 0 Å². The summed E-state index contributed by atoms with van der Waals surface area (Å²) in [4.78, 5) is 36.6. The van der Waals surface area contributed by atoms with Gasteiger partial charge in [0.2, 0.25) is 0 Å². The largest absolute Gasteiger partial charge is 0.465 e. The van der Waals surface area contributed by atoms with Crippen LogP contribution in [0.3, 0.4) is 0 Å². The van der Waals surface area contributed by atoms with Crippen LogP contribution in [0.4, 0.5) is 0 Å². The maximum Gasteiger partial charge on any atom is 0.305 e. The summed E-state index contributed by atoms with van der Waals surface area (Å²) >= 11 is 0. The molecular formula is C26H38O5. The van der Waals surface area contributed by atoms with Gasteiger partial charge in [0.15, 0.2) is 5.78 Å². The first-order valence-electron chi connectivity index (χ1n) is 12.3. The van der Waals surface area contributed by atoms with Crippen LogP contribution in [0, 0.1) is 34.5 Å². The fourth-order valence-electron chi connectivity index (χ4n) is 7.78. The normalized spacial score (nSPS) is 41.5. The lowest BCUT2D eigenvalue weighted by Crippen LogP contribution is -2.56. The zero-order valence-corrected chi connectivity index (χ0v) is 19.6. The summed E-state index contributed by atoms with van der Waals surface area (Å²) in [5.74, 6) is 1.60. The fraction of sp³-hybridized carbons (Fsp3) is 0.808. The minimum absolute atomic E-state index is 0.0158. The van der Waals surface area contributed by atoms with E-state index in [1.807, 2.05) is 19.9 Å². The monoisotopic (exact) mass is 430 g/mol. The molecule has 0 bridgehead atoms. The SMILES string of the molecule is CCC(=O)OC[C@@]12C(=CC(=O)C[C@@H]1C)CC[C@H]1[C@@H]3CC[C@@H](OC(=O)CC)[C@@]3(C)CC[C@@H]12. The van der Waals surface area contributed by atoms with E-state index >= 15 is 0 Å². The Morgan fingerprint density at radius 3 is 2.52 bits per heavy atom. The van der Waals surface area contributed by atoms with Gasteiger partial charge in [-0.25, -0.2) is 0 Å². The molecule has 172 valence electrons. The Kier molecular flexibility index (Phi) is 6.08. The Bertz CT molecular complexity index is 785. The summed E-state index contributed by atoms with van der Waals surface area (Å²) in [6.07, 6.45) is 9.33. The van der Waals surface area contributed by atoms with Gasteiger partial charge in [0.1, 0.15) is 12.7 Å². The van der Waals surface area contributed by atoms with Crippen LogP contribution in [0.1, 0.15) is 85.5 Å². The van der Waals surface area contributed by atoms with Crippen molar-refractivity contribution in [3.8, 4) is 0 Å².